The van der Waals surface area contributed by atoms with E-state index in [1.54, 1.807) is 4.68 Å². The summed E-state index contributed by atoms with van der Waals surface area (Å²) in [5, 5.41) is 37.0. The number of nitrogens with zero attached hydrogens (tertiary/aromatic N) is 3. The molecule has 0 amide bonds. The summed E-state index contributed by atoms with van der Waals surface area (Å²) < 4.78 is 14.6. The standard InChI is InChI=1S/C24H28ClI2N3O5/c1-24(2,16-5-8-22(20(26)9-16)35-13-17(32)10-25)15-3-6-19(7-4-15)34-14-18(33)11-30-23(27)21(12-31)28-29-30/h3-9,17-18,31-33H,10-14H2,1-2H3/t17-,18+/m0/s1. The van der Waals surface area contributed by atoms with E-state index in [1.165, 1.54) is 0 Å². The van der Waals surface area contributed by atoms with Crippen LogP contribution in [0.4, 0.5) is 0 Å². The van der Waals surface area contributed by atoms with Gasteiger partial charge >= 0.3 is 0 Å². The number of rotatable bonds is 12. The monoisotopic (exact) mass is 727 g/mol. The molecule has 0 saturated heterocycles. The van der Waals surface area contributed by atoms with E-state index in [1.807, 2.05) is 59.0 Å². The van der Waals surface area contributed by atoms with Gasteiger partial charge in [0.15, 0.2) is 0 Å². The molecule has 0 bridgehead atoms. The minimum absolute atomic E-state index is 0.102. The predicted molar refractivity (Wildman–Crippen MR) is 150 cm³/mol. The molecule has 0 spiro atoms. The fraction of sp³-hybridized carbons (Fsp3) is 0.417. The van der Waals surface area contributed by atoms with E-state index in [-0.39, 0.29) is 37.7 Å². The van der Waals surface area contributed by atoms with Gasteiger partial charge in [-0.2, -0.15) is 0 Å². The van der Waals surface area contributed by atoms with E-state index in [0.717, 1.165) is 14.7 Å². The van der Waals surface area contributed by atoms with Crippen molar-refractivity contribution in [1.82, 2.24) is 15.0 Å². The molecule has 190 valence electrons. The normalized spacial score (nSPS) is 13.5. The maximum absolute atomic E-state index is 10.3. The molecule has 1 heterocycles. The molecule has 3 N–H and O–H groups in total. The summed E-state index contributed by atoms with van der Waals surface area (Å²) in [5.74, 6) is 1.50. The third-order valence-corrected chi connectivity index (χ3v) is 7.93. The van der Waals surface area contributed by atoms with Gasteiger partial charge in [0.25, 0.3) is 0 Å². The summed E-state index contributed by atoms with van der Waals surface area (Å²) >= 11 is 9.91. The van der Waals surface area contributed by atoms with Crippen LogP contribution in [0.25, 0.3) is 0 Å². The van der Waals surface area contributed by atoms with Gasteiger partial charge in [-0.1, -0.05) is 37.3 Å². The molecular weight excluding hydrogens is 700 g/mol. The lowest BCUT2D eigenvalue weighted by atomic mass is 9.78. The zero-order valence-corrected chi connectivity index (χ0v) is 24.4. The number of hydrogen-bond donors (Lipinski definition) is 3. The number of ether oxygens (including phenoxy) is 2. The van der Waals surface area contributed by atoms with Gasteiger partial charge in [-0.3, -0.25) is 0 Å². The van der Waals surface area contributed by atoms with Gasteiger partial charge in [0.05, 0.1) is 22.6 Å². The average Bonchev–Trinajstić information content (AvgIpc) is 3.20. The van der Waals surface area contributed by atoms with E-state index in [2.05, 4.69) is 52.8 Å². The molecule has 1 aromatic heterocycles. The Morgan fingerprint density at radius 2 is 1.66 bits per heavy atom. The third-order valence-electron chi connectivity index (χ3n) is 5.55. The lowest BCUT2D eigenvalue weighted by molar-refractivity contribution is 0.0881. The van der Waals surface area contributed by atoms with Crippen molar-refractivity contribution in [1.29, 1.82) is 0 Å². The van der Waals surface area contributed by atoms with E-state index in [0.29, 0.717) is 20.9 Å². The first-order valence-electron chi connectivity index (χ1n) is 10.9. The molecule has 0 fully saturated rings. The summed E-state index contributed by atoms with van der Waals surface area (Å²) in [5.41, 5.74) is 2.46. The van der Waals surface area contributed by atoms with Crippen molar-refractivity contribution in [3.05, 3.63) is 66.6 Å². The average molecular weight is 728 g/mol. The lowest BCUT2D eigenvalue weighted by Crippen LogP contribution is -2.25. The molecule has 2 atom stereocenters. The van der Waals surface area contributed by atoms with Crippen molar-refractivity contribution in [2.75, 3.05) is 19.1 Å². The van der Waals surface area contributed by atoms with Crippen LogP contribution in [0.15, 0.2) is 42.5 Å². The molecule has 3 rings (SSSR count). The van der Waals surface area contributed by atoms with Crippen LogP contribution in [-0.4, -0.2) is 61.6 Å². The smallest absolute Gasteiger partial charge is 0.132 e. The molecule has 0 aliphatic rings. The van der Waals surface area contributed by atoms with Crippen LogP contribution >= 0.6 is 56.8 Å². The molecule has 11 heteroatoms. The topological polar surface area (TPSA) is 110 Å². The molecule has 0 aliphatic heterocycles. The summed E-state index contributed by atoms with van der Waals surface area (Å²) in [6, 6.07) is 13.8. The molecule has 8 nitrogen and oxygen atoms in total. The highest BCUT2D eigenvalue weighted by Crippen LogP contribution is 2.35. The first-order chi connectivity index (χ1) is 16.6. The Hall–Kier alpha value is -1.19. The Morgan fingerprint density at radius 1 is 1.00 bits per heavy atom. The van der Waals surface area contributed by atoms with Gasteiger partial charge in [0.1, 0.15) is 46.3 Å². The number of aliphatic hydroxyl groups is 3. The minimum Gasteiger partial charge on any atom is -0.491 e. The van der Waals surface area contributed by atoms with Crippen LogP contribution in [0.2, 0.25) is 0 Å². The Morgan fingerprint density at radius 3 is 2.26 bits per heavy atom. The second kappa shape index (κ2) is 12.9. The van der Waals surface area contributed by atoms with Crippen LogP contribution in [0.5, 0.6) is 11.5 Å². The van der Waals surface area contributed by atoms with E-state index in [4.69, 9.17) is 21.1 Å². The Balaban J connectivity index is 1.60. The number of halogens is 3. The second-order valence-electron chi connectivity index (χ2n) is 8.55. The summed E-state index contributed by atoms with van der Waals surface area (Å²) in [7, 11) is 0. The maximum atomic E-state index is 10.3. The summed E-state index contributed by atoms with van der Waals surface area (Å²) in [6.07, 6.45) is -1.47. The van der Waals surface area contributed by atoms with Crippen LogP contribution in [0.3, 0.4) is 0 Å². The van der Waals surface area contributed by atoms with Crippen molar-refractivity contribution in [2.45, 2.75) is 44.6 Å². The molecular formula is C24H28ClI2N3O5. The summed E-state index contributed by atoms with van der Waals surface area (Å²) in [6.45, 7) is 4.58. The van der Waals surface area contributed by atoms with Crippen LogP contribution < -0.4 is 9.47 Å². The number of hydrogen-bond acceptors (Lipinski definition) is 7. The molecule has 0 saturated carbocycles. The highest BCUT2D eigenvalue weighted by molar-refractivity contribution is 14.1. The number of aromatic nitrogens is 3. The van der Waals surface area contributed by atoms with Crippen molar-refractivity contribution in [3.8, 4) is 11.5 Å². The van der Waals surface area contributed by atoms with Gasteiger partial charge < -0.3 is 24.8 Å². The Kier molecular flexibility index (Phi) is 10.4. The molecule has 3 aromatic rings. The third kappa shape index (κ3) is 7.41. The fourth-order valence-corrected chi connectivity index (χ4v) is 4.70. The SMILES string of the molecule is CC(C)(c1ccc(OC[C@H](O)Cn2nnc(CO)c2I)cc1)c1ccc(OC[C@@H](O)CCl)c(I)c1. The van der Waals surface area contributed by atoms with Gasteiger partial charge in [0.2, 0.25) is 0 Å². The number of benzene rings is 2. The van der Waals surface area contributed by atoms with E-state index < -0.39 is 12.2 Å². The van der Waals surface area contributed by atoms with Gasteiger partial charge in [-0.05, 0) is 80.6 Å². The maximum Gasteiger partial charge on any atom is 0.132 e. The quantitative estimate of drug-likeness (QED) is 0.193. The Labute approximate surface area is 236 Å². The number of aliphatic hydroxyl groups excluding tert-OH is 3. The van der Waals surface area contributed by atoms with Crippen molar-refractivity contribution >= 4 is 56.8 Å². The van der Waals surface area contributed by atoms with Gasteiger partial charge in [-0.15, -0.1) is 16.7 Å². The molecule has 35 heavy (non-hydrogen) atoms. The second-order valence-corrected chi connectivity index (χ2v) is 11.0. The number of alkyl halides is 1. The lowest BCUT2D eigenvalue weighted by Gasteiger charge is -2.27. The fourth-order valence-electron chi connectivity index (χ4n) is 3.37. The van der Waals surface area contributed by atoms with Crippen LogP contribution in [-0.2, 0) is 18.6 Å². The predicted octanol–water partition coefficient (Wildman–Crippen LogP) is 3.72. The van der Waals surface area contributed by atoms with Crippen molar-refractivity contribution in [3.63, 3.8) is 0 Å². The molecule has 2 aromatic carbocycles. The van der Waals surface area contributed by atoms with E-state index in [9.17, 15) is 15.3 Å². The molecule has 0 unspecified atom stereocenters. The molecule has 0 aliphatic carbocycles. The zero-order chi connectivity index (χ0) is 25.6. The first-order valence-corrected chi connectivity index (χ1v) is 13.6. The largest absolute Gasteiger partial charge is 0.491 e. The van der Waals surface area contributed by atoms with Gasteiger partial charge in [-0.25, -0.2) is 4.68 Å². The highest BCUT2D eigenvalue weighted by Gasteiger charge is 2.24. The Bertz CT molecular complexity index is 1110. The molecule has 0 radical (unpaired) electrons. The van der Waals surface area contributed by atoms with Crippen molar-refractivity contribution in [2.24, 2.45) is 0 Å². The minimum atomic E-state index is -0.777. The first kappa shape index (κ1) is 28.4. The zero-order valence-electron chi connectivity index (χ0n) is 19.4. The highest BCUT2D eigenvalue weighted by atomic mass is 127. The van der Waals surface area contributed by atoms with Crippen LogP contribution in [0.1, 0.15) is 30.7 Å². The summed E-state index contributed by atoms with van der Waals surface area (Å²) in [4.78, 5) is 0. The van der Waals surface area contributed by atoms with Crippen LogP contribution in [0, 0.1) is 7.27 Å². The van der Waals surface area contributed by atoms with Gasteiger partial charge in [0, 0.05) is 5.41 Å². The van der Waals surface area contributed by atoms with Crippen molar-refractivity contribution < 1.29 is 24.8 Å². The van der Waals surface area contributed by atoms with E-state index >= 15 is 0 Å².